The predicted molar refractivity (Wildman–Crippen MR) is 106 cm³/mol. The van der Waals surface area contributed by atoms with Gasteiger partial charge in [0.05, 0.1) is 9.92 Å². The first kappa shape index (κ1) is 20.7. The summed E-state index contributed by atoms with van der Waals surface area (Å²) in [4.78, 5) is 14.1. The molecule has 1 fully saturated rings. The van der Waals surface area contributed by atoms with Crippen LogP contribution in [0, 0.1) is 5.82 Å². The van der Waals surface area contributed by atoms with Crippen molar-refractivity contribution < 1.29 is 17.6 Å². The highest BCUT2D eigenvalue weighted by molar-refractivity contribution is 7.89. The number of carbonyl (C=O) groups is 1. The van der Waals surface area contributed by atoms with Crippen LogP contribution in [0.15, 0.2) is 53.4 Å². The van der Waals surface area contributed by atoms with Gasteiger partial charge in [-0.15, -0.1) is 0 Å². The highest BCUT2D eigenvalue weighted by Gasteiger charge is 2.29. The van der Waals surface area contributed by atoms with Crippen LogP contribution in [0.25, 0.3) is 0 Å². The molecule has 2 aromatic carbocycles. The Kier molecular flexibility index (Phi) is 6.66. The molecule has 1 saturated heterocycles. The third-order valence-corrected chi connectivity index (χ3v) is 6.76. The standard InChI is InChI=1S/C19H21ClFN3O3S/c20-17-14-16(6-7-18(17)21)28(26,27)24-12-10-23(11-13-24)9-8-19(25)22-15-4-2-1-3-5-15/h1-7,14H,8-13H2,(H,22,25). The van der Waals surface area contributed by atoms with Gasteiger partial charge in [0.1, 0.15) is 5.82 Å². The van der Waals surface area contributed by atoms with Gasteiger partial charge in [0, 0.05) is 44.8 Å². The molecule has 1 N–H and O–H groups in total. The minimum absolute atomic E-state index is 0.0189. The zero-order chi connectivity index (χ0) is 20.1. The van der Waals surface area contributed by atoms with Crippen molar-refractivity contribution >= 4 is 33.2 Å². The Hall–Kier alpha value is -2.00. The highest BCUT2D eigenvalue weighted by atomic mass is 35.5. The number of hydrogen-bond donors (Lipinski definition) is 1. The van der Waals surface area contributed by atoms with E-state index in [1.807, 2.05) is 35.2 Å². The second-order valence-electron chi connectivity index (χ2n) is 6.49. The third kappa shape index (κ3) is 5.08. The normalized spacial score (nSPS) is 16.1. The van der Waals surface area contributed by atoms with Crippen LogP contribution in [0.5, 0.6) is 0 Å². The average Bonchev–Trinajstić information content (AvgIpc) is 2.69. The fraction of sp³-hybridized carbons (Fsp3) is 0.316. The van der Waals surface area contributed by atoms with Crippen LogP contribution in [-0.2, 0) is 14.8 Å². The summed E-state index contributed by atoms with van der Waals surface area (Å²) >= 11 is 5.71. The van der Waals surface area contributed by atoms with Gasteiger partial charge in [-0.2, -0.15) is 4.31 Å². The molecule has 0 saturated carbocycles. The SMILES string of the molecule is O=C(CCN1CCN(S(=O)(=O)c2ccc(F)c(Cl)c2)CC1)Nc1ccccc1. The summed E-state index contributed by atoms with van der Waals surface area (Å²) in [6.45, 7) is 2.20. The lowest BCUT2D eigenvalue weighted by molar-refractivity contribution is -0.116. The quantitative estimate of drug-likeness (QED) is 0.772. The molecule has 2 aromatic rings. The summed E-state index contributed by atoms with van der Waals surface area (Å²) < 4.78 is 40.0. The topological polar surface area (TPSA) is 69.7 Å². The maximum Gasteiger partial charge on any atom is 0.243 e. The van der Waals surface area contributed by atoms with Crippen molar-refractivity contribution in [2.75, 3.05) is 38.0 Å². The molecule has 1 aliphatic heterocycles. The van der Waals surface area contributed by atoms with E-state index in [1.54, 1.807) is 0 Å². The molecule has 0 radical (unpaired) electrons. The Morgan fingerprint density at radius 1 is 1.07 bits per heavy atom. The van der Waals surface area contributed by atoms with E-state index < -0.39 is 15.8 Å². The molecule has 0 atom stereocenters. The van der Waals surface area contributed by atoms with Crippen LogP contribution in [0.2, 0.25) is 5.02 Å². The molecule has 0 aromatic heterocycles. The second-order valence-corrected chi connectivity index (χ2v) is 8.83. The minimum atomic E-state index is -3.72. The lowest BCUT2D eigenvalue weighted by Crippen LogP contribution is -2.49. The number of para-hydroxylation sites is 1. The zero-order valence-electron chi connectivity index (χ0n) is 15.1. The second kappa shape index (κ2) is 9.00. The molecule has 6 nitrogen and oxygen atoms in total. The van der Waals surface area contributed by atoms with E-state index in [9.17, 15) is 17.6 Å². The minimum Gasteiger partial charge on any atom is -0.326 e. The van der Waals surface area contributed by atoms with Crippen LogP contribution in [0.4, 0.5) is 10.1 Å². The van der Waals surface area contributed by atoms with Crippen molar-refractivity contribution in [1.29, 1.82) is 0 Å². The zero-order valence-corrected chi connectivity index (χ0v) is 16.7. The van der Waals surface area contributed by atoms with Crippen molar-refractivity contribution in [2.24, 2.45) is 0 Å². The fourth-order valence-corrected chi connectivity index (χ4v) is 4.68. The van der Waals surface area contributed by atoms with Gasteiger partial charge in [-0.05, 0) is 30.3 Å². The fourth-order valence-electron chi connectivity index (χ4n) is 2.98. The lowest BCUT2D eigenvalue weighted by atomic mass is 10.3. The molecular formula is C19H21ClFN3O3S. The molecule has 150 valence electrons. The van der Waals surface area contributed by atoms with E-state index in [-0.39, 0.29) is 15.8 Å². The van der Waals surface area contributed by atoms with Gasteiger partial charge in [-0.25, -0.2) is 12.8 Å². The van der Waals surface area contributed by atoms with Gasteiger partial charge in [0.25, 0.3) is 0 Å². The Bertz CT molecular complexity index is 933. The van der Waals surface area contributed by atoms with Gasteiger partial charge >= 0.3 is 0 Å². The summed E-state index contributed by atoms with van der Waals surface area (Å²) in [5, 5.41) is 2.61. The van der Waals surface area contributed by atoms with Crippen molar-refractivity contribution in [1.82, 2.24) is 9.21 Å². The molecule has 1 amide bonds. The van der Waals surface area contributed by atoms with E-state index in [4.69, 9.17) is 11.6 Å². The predicted octanol–water partition coefficient (Wildman–Crippen LogP) is 2.81. The average molecular weight is 426 g/mol. The van der Waals surface area contributed by atoms with Crippen LogP contribution in [-0.4, -0.2) is 56.3 Å². The van der Waals surface area contributed by atoms with E-state index in [1.165, 1.54) is 10.4 Å². The van der Waals surface area contributed by atoms with E-state index in [0.717, 1.165) is 17.8 Å². The first-order chi connectivity index (χ1) is 13.4. The van der Waals surface area contributed by atoms with Crippen LogP contribution in [0.1, 0.15) is 6.42 Å². The summed E-state index contributed by atoms with van der Waals surface area (Å²) in [6.07, 6.45) is 0.329. The van der Waals surface area contributed by atoms with Crippen LogP contribution >= 0.6 is 11.6 Å². The van der Waals surface area contributed by atoms with Crippen molar-refractivity contribution in [3.05, 3.63) is 59.4 Å². The Balaban J connectivity index is 1.50. The molecule has 0 unspecified atom stereocenters. The number of carbonyl (C=O) groups excluding carboxylic acids is 1. The van der Waals surface area contributed by atoms with E-state index >= 15 is 0 Å². The van der Waals surface area contributed by atoms with Gasteiger partial charge in [0.2, 0.25) is 15.9 Å². The molecular weight excluding hydrogens is 405 g/mol. The molecule has 28 heavy (non-hydrogen) atoms. The third-order valence-electron chi connectivity index (χ3n) is 4.57. The summed E-state index contributed by atoms with van der Waals surface area (Å²) in [5.41, 5.74) is 0.751. The Morgan fingerprint density at radius 3 is 2.39 bits per heavy atom. The number of sulfonamides is 1. The number of benzene rings is 2. The summed E-state index contributed by atoms with van der Waals surface area (Å²) in [7, 11) is -3.72. The molecule has 1 heterocycles. The number of nitrogens with one attached hydrogen (secondary N) is 1. The van der Waals surface area contributed by atoms with Gasteiger partial charge in [0.15, 0.2) is 0 Å². The van der Waals surface area contributed by atoms with E-state index in [0.29, 0.717) is 39.1 Å². The molecule has 0 spiro atoms. The molecule has 1 aliphatic rings. The maximum absolute atomic E-state index is 13.3. The first-order valence-corrected chi connectivity index (χ1v) is 10.7. The van der Waals surface area contributed by atoms with Gasteiger partial charge in [-0.3, -0.25) is 4.79 Å². The molecule has 0 bridgehead atoms. The molecule has 0 aliphatic carbocycles. The number of anilines is 1. The largest absolute Gasteiger partial charge is 0.326 e. The van der Waals surface area contributed by atoms with Crippen molar-refractivity contribution in [3.63, 3.8) is 0 Å². The number of nitrogens with zero attached hydrogens (tertiary/aromatic N) is 2. The van der Waals surface area contributed by atoms with Crippen LogP contribution < -0.4 is 5.32 Å². The Morgan fingerprint density at radius 2 is 1.75 bits per heavy atom. The number of rotatable bonds is 6. The summed E-state index contributed by atoms with van der Waals surface area (Å²) in [5.74, 6) is -0.735. The number of amides is 1. The highest BCUT2D eigenvalue weighted by Crippen LogP contribution is 2.23. The number of piperazine rings is 1. The lowest BCUT2D eigenvalue weighted by Gasteiger charge is -2.33. The van der Waals surface area contributed by atoms with Crippen molar-refractivity contribution in [2.45, 2.75) is 11.3 Å². The number of hydrogen-bond acceptors (Lipinski definition) is 4. The summed E-state index contributed by atoms with van der Waals surface area (Å²) in [6, 6.07) is 12.6. The molecule has 9 heteroatoms. The smallest absolute Gasteiger partial charge is 0.243 e. The number of halogens is 2. The van der Waals surface area contributed by atoms with Gasteiger partial charge in [-0.1, -0.05) is 29.8 Å². The van der Waals surface area contributed by atoms with Gasteiger partial charge < -0.3 is 10.2 Å². The monoisotopic (exact) mass is 425 g/mol. The first-order valence-electron chi connectivity index (χ1n) is 8.89. The van der Waals surface area contributed by atoms with E-state index in [2.05, 4.69) is 5.32 Å². The maximum atomic E-state index is 13.3. The molecule has 3 rings (SSSR count). The van der Waals surface area contributed by atoms with Crippen molar-refractivity contribution in [3.8, 4) is 0 Å². The Labute approximate surface area is 168 Å². The van der Waals surface area contributed by atoms with Crippen LogP contribution in [0.3, 0.4) is 0 Å².